The smallest absolute Gasteiger partial charge is 0.278 e. The lowest BCUT2D eigenvalue weighted by Crippen LogP contribution is -2.45. The third-order valence-corrected chi connectivity index (χ3v) is 6.03. The average Bonchev–Trinajstić information content (AvgIpc) is 2.89. The number of para-hydroxylation sites is 3. The average molecular weight is 452 g/mol. The molecular weight excluding hydrogens is 426 g/mol. The van der Waals surface area contributed by atoms with Gasteiger partial charge in [0.05, 0.1) is 16.7 Å². The van der Waals surface area contributed by atoms with Gasteiger partial charge in [-0.1, -0.05) is 54.6 Å². The summed E-state index contributed by atoms with van der Waals surface area (Å²) < 4.78 is 0. The van der Waals surface area contributed by atoms with E-state index < -0.39 is 0 Å². The first-order valence-corrected chi connectivity index (χ1v) is 11.3. The molecule has 1 aliphatic heterocycles. The van der Waals surface area contributed by atoms with Crippen molar-refractivity contribution in [3.63, 3.8) is 0 Å². The number of anilines is 2. The normalized spacial score (nSPS) is 14.2. The van der Waals surface area contributed by atoms with Crippen molar-refractivity contribution in [3.05, 3.63) is 95.7 Å². The van der Waals surface area contributed by atoms with Crippen molar-refractivity contribution in [2.45, 2.75) is 0 Å². The predicted octanol–water partition coefficient (Wildman–Crippen LogP) is 3.86. The molecule has 0 bridgehead atoms. The third-order valence-electron chi connectivity index (χ3n) is 6.03. The van der Waals surface area contributed by atoms with E-state index >= 15 is 0 Å². The molecule has 1 fully saturated rings. The van der Waals surface area contributed by atoms with E-state index in [1.165, 1.54) is 0 Å². The molecule has 170 valence electrons. The van der Waals surface area contributed by atoms with Gasteiger partial charge in [-0.2, -0.15) is 0 Å². The van der Waals surface area contributed by atoms with E-state index in [0.717, 1.165) is 31.7 Å². The third kappa shape index (κ3) is 4.38. The van der Waals surface area contributed by atoms with Gasteiger partial charge >= 0.3 is 0 Å². The first-order chi connectivity index (χ1) is 16.6. The van der Waals surface area contributed by atoms with Crippen LogP contribution in [0.25, 0.3) is 11.0 Å². The minimum Gasteiger partial charge on any atom is -0.352 e. The molecule has 0 spiro atoms. The highest BCUT2D eigenvalue weighted by atomic mass is 16.2. The lowest BCUT2D eigenvalue weighted by Gasteiger charge is -2.33. The summed E-state index contributed by atoms with van der Waals surface area (Å²) in [4.78, 5) is 40.5. The number of fused-ring (bicyclic) bond motifs is 1. The second kappa shape index (κ2) is 9.41. The van der Waals surface area contributed by atoms with E-state index in [2.05, 4.69) is 27.1 Å². The number of piperazine rings is 1. The fourth-order valence-corrected chi connectivity index (χ4v) is 4.10. The Balaban J connectivity index is 1.51. The molecule has 0 unspecified atom stereocenters. The van der Waals surface area contributed by atoms with Crippen molar-refractivity contribution in [1.29, 1.82) is 0 Å². The van der Waals surface area contributed by atoms with E-state index in [1.54, 1.807) is 36.4 Å². The molecule has 7 heteroatoms. The first kappa shape index (κ1) is 21.7. The fraction of sp³-hybridized carbons (Fsp3) is 0.185. The van der Waals surface area contributed by atoms with Crippen LogP contribution >= 0.6 is 0 Å². The molecule has 0 atom stereocenters. The van der Waals surface area contributed by atoms with Gasteiger partial charge in [-0.3, -0.25) is 9.59 Å². The maximum Gasteiger partial charge on any atom is 0.278 e. The second-order valence-electron chi connectivity index (χ2n) is 8.37. The summed E-state index contributed by atoms with van der Waals surface area (Å²) in [7, 11) is 2.08. The van der Waals surface area contributed by atoms with Gasteiger partial charge in [0.15, 0.2) is 17.3 Å². The molecule has 1 aliphatic rings. The number of aromatic nitrogens is 2. The molecule has 0 saturated carbocycles. The number of carbonyl (C=O) groups excluding carboxylic acids is 2. The number of likely N-dealkylation sites (N-methyl/N-ethyl adjacent to an activating group) is 1. The first-order valence-electron chi connectivity index (χ1n) is 11.3. The van der Waals surface area contributed by atoms with Gasteiger partial charge in [0.2, 0.25) is 0 Å². The topological polar surface area (TPSA) is 78.4 Å². The van der Waals surface area contributed by atoms with Crippen LogP contribution in [0.1, 0.15) is 26.4 Å². The van der Waals surface area contributed by atoms with E-state index in [9.17, 15) is 9.59 Å². The van der Waals surface area contributed by atoms with Crippen LogP contribution in [0.15, 0.2) is 78.9 Å². The van der Waals surface area contributed by atoms with Crippen molar-refractivity contribution in [2.75, 3.05) is 43.4 Å². The molecule has 7 nitrogen and oxygen atoms in total. The zero-order valence-electron chi connectivity index (χ0n) is 18.9. The van der Waals surface area contributed by atoms with Crippen LogP contribution in [0.2, 0.25) is 0 Å². The Labute approximate surface area is 198 Å². The van der Waals surface area contributed by atoms with Gasteiger partial charge in [0.25, 0.3) is 5.91 Å². The molecule has 1 amide bonds. The molecule has 1 saturated heterocycles. The molecule has 3 aromatic carbocycles. The largest absolute Gasteiger partial charge is 0.352 e. The van der Waals surface area contributed by atoms with Gasteiger partial charge in [0, 0.05) is 37.3 Å². The maximum absolute atomic E-state index is 13.5. The minimum atomic E-state index is -0.388. The Hall–Kier alpha value is -4.10. The molecule has 0 aliphatic carbocycles. The molecule has 5 rings (SSSR count). The Morgan fingerprint density at radius 1 is 0.765 bits per heavy atom. The highest BCUT2D eigenvalue weighted by Gasteiger charge is 2.25. The Morgan fingerprint density at radius 2 is 1.38 bits per heavy atom. The number of nitrogens with one attached hydrogen (secondary N) is 1. The van der Waals surface area contributed by atoms with Crippen LogP contribution < -0.4 is 10.2 Å². The number of benzene rings is 3. The molecule has 1 aromatic heterocycles. The molecule has 2 heterocycles. The maximum atomic E-state index is 13.5. The van der Waals surface area contributed by atoms with Crippen molar-refractivity contribution < 1.29 is 9.59 Å². The summed E-state index contributed by atoms with van der Waals surface area (Å²) in [6.45, 7) is 3.27. The Morgan fingerprint density at radius 3 is 2.12 bits per heavy atom. The number of rotatable bonds is 5. The van der Waals surface area contributed by atoms with Crippen molar-refractivity contribution >= 4 is 34.2 Å². The van der Waals surface area contributed by atoms with Crippen molar-refractivity contribution in [3.8, 4) is 0 Å². The molecule has 0 radical (unpaired) electrons. The number of ketones is 1. The van der Waals surface area contributed by atoms with E-state index in [4.69, 9.17) is 4.98 Å². The van der Waals surface area contributed by atoms with E-state index in [1.807, 2.05) is 42.5 Å². The van der Waals surface area contributed by atoms with Crippen LogP contribution in [-0.4, -0.2) is 59.8 Å². The number of hydrogen-bond donors (Lipinski definition) is 1. The summed E-state index contributed by atoms with van der Waals surface area (Å²) >= 11 is 0. The summed E-state index contributed by atoms with van der Waals surface area (Å²) in [5, 5.41) is 2.93. The van der Waals surface area contributed by atoms with Gasteiger partial charge < -0.3 is 15.1 Å². The van der Waals surface area contributed by atoms with Gasteiger partial charge in [-0.25, -0.2) is 9.97 Å². The van der Waals surface area contributed by atoms with E-state index in [-0.39, 0.29) is 17.4 Å². The summed E-state index contributed by atoms with van der Waals surface area (Å²) in [6.07, 6.45) is 0. The zero-order chi connectivity index (χ0) is 23.5. The standard InChI is InChI=1S/C27H25N5O2/c1-31-15-17-32(18-16-31)26-24(28-22-13-7-8-14-23(22)29-26)27(34)30-21-12-6-5-11-20(21)25(33)19-9-3-2-4-10-19/h2-14H,15-18H2,1H3,(H,30,34). The fourth-order valence-electron chi connectivity index (χ4n) is 4.10. The van der Waals surface area contributed by atoms with Crippen molar-refractivity contribution in [1.82, 2.24) is 14.9 Å². The Bertz CT molecular complexity index is 1350. The SMILES string of the molecule is CN1CCN(c2nc3ccccc3nc2C(=O)Nc2ccccc2C(=O)c2ccccc2)CC1. The lowest BCUT2D eigenvalue weighted by atomic mass is 10.0. The highest BCUT2D eigenvalue weighted by molar-refractivity contribution is 6.15. The predicted molar refractivity (Wildman–Crippen MR) is 134 cm³/mol. The Kier molecular flexibility index (Phi) is 6.01. The van der Waals surface area contributed by atoms with Crippen LogP contribution in [-0.2, 0) is 0 Å². The summed E-state index contributed by atoms with van der Waals surface area (Å²) in [5.74, 6) is 0.0250. The van der Waals surface area contributed by atoms with Gasteiger partial charge in [-0.15, -0.1) is 0 Å². The second-order valence-corrected chi connectivity index (χ2v) is 8.37. The number of amides is 1. The van der Waals surface area contributed by atoms with Crippen LogP contribution in [0, 0.1) is 0 Å². The van der Waals surface area contributed by atoms with Gasteiger partial charge in [-0.05, 0) is 31.3 Å². The highest BCUT2D eigenvalue weighted by Crippen LogP contribution is 2.25. The quantitative estimate of drug-likeness (QED) is 0.464. The van der Waals surface area contributed by atoms with Crippen molar-refractivity contribution in [2.24, 2.45) is 0 Å². The molecular formula is C27H25N5O2. The molecule has 34 heavy (non-hydrogen) atoms. The summed E-state index contributed by atoms with van der Waals surface area (Å²) in [6, 6.07) is 23.6. The number of nitrogens with zero attached hydrogens (tertiary/aromatic N) is 4. The van der Waals surface area contributed by atoms with Crippen LogP contribution in [0.5, 0.6) is 0 Å². The van der Waals surface area contributed by atoms with Crippen LogP contribution in [0.4, 0.5) is 11.5 Å². The van der Waals surface area contributed by atoms with E-state index in [0.29, 0.717) is 28.1 Å². The lowest BCUT2D eigenvalue weighted by molar-refractivity contribution is 0.102. The molecule has 4 aromatic rings. The number of hydrogen-bond acceptors (Lipinski definition) is 6. The van der Waals surface area contributed by atoms with Crippen LogP contribution in [0.3, 0.4) is 0 Å². The molecule has 1 N–H and O–H groups in total. The van der Waals surface area contributed by atoms with Gasteiger partial charge in [0.1, 0.15) is 0 Å². The minimum absolute atomic E-state index is 0.152. The summed E-state index contributed by atoms with van der Waals surface area (Å²) in [5.41, 5.74) is 3.09. The zero-order valence-corrected chi connectivity index (χ0v) is 18.9. The monoisotopic (exact) mass is 451 g/mol. The number of carbonyl (C=O) groups is 2.